The van der Waals surface area contributed by atoms with Crippen LogP contribution in [0.5, 0.6) is 11.5 Å². The van der Waals surface area contributed by atoms with E-state index < -0.39 is 0 Å². The van der Waals surface area contributed by atoms with Crippen molar-refractivity contribution in [3.8, 4) is 11.5 Å². The highest BCUT2D eigenvalue weighted by atomic mass is 35.5. The van der Waals surface area contributed by atoms with Crippen LogP contribution in [0.2, 0.25) is 0 Å². The molecule has 0 amide bonds. The first kappa shape index (κ1) is 14.7. The van der Waals surface area contributed by atoms with Crippen LogP contribution in [0.25, 0.3) is 0 Å². The smallest absolute Gasteiger partial charge is 0.161 e. The minimum atomic E-state index is 0.477. The van der Waals surface area contributed by atoms with Crippen LogP contribution in [0, 0.1) is 0 Å². The maximum atomic E-state index is 5.81. The van der Waals surface area contributed by atoms with Crippen LogP contribution in [-0.4, -0.2) is 13.7 Å². The zero-order valence-corrected chi connectivity index (χ0v) is 12.4. The topological polar surface area (TPSA) is 18.5 Å². The summed E-state index contributed by atoms with van der Waals surface area (Å²) >= 11 is 5.81. The van der Waals surface area contributed by atoms with Gasteiger partial charge in [-0.1, -0.05) is 36.4 Å². The van der Waals surface area contributed by atoms with E-state index in [1.54, 1.807) is 7.11 Å². The SMILES string of the molecule is COc1cc(CCl)ccc1OCCCc1ccccc1. The summed E-state index contributed by atoms with van der Waals surface area (Å²) < 4.78 is 11.1. The number of rotatable bonds is 7. The van der Waals surface area contributed by atoms with Gasteiger partial charge in [0.1, 0.15) is 0 Å². The number of alkyl halides is 1. The lowest BCUT2D eigenvalue weighted by molar-refractivity contribution is 0.289. The summed E-state index contributed by atoms with van der Waals surface area (Å²) in [5, 5.41) is 0. The molecule has 0 unspecified atom stereocenters. The highest BCUT2D eigenvalue weighted by Crippen LogP contribution is 2.28. The van der Waals surface area contributed by atoms with Crippen LogP contribution in [0.4, 0.5) is 0 Å². The first-order valence-corrected chi connectivity index (χ1v) is 7.26. The average molecular weight is 291 g/mol. The Morgan fingerprint density at radius 3 is 2.45 bits per heavy atom. The normalized spacial score (nSPS) is 10.3. The summed E-state index contributed by atoms with van der Waals surface area (Å²) in [5.74, 6) is 1.99. The molecule has 106 valence electrons. The minimum Gasteiger partial charge on any atom is -0.493 e. The van der Waals surface area contributed by atoms with E-state index >= 15 is 0 Å². The van der Waals surface area contributed by atoms with E-state index in [9.17, 15) is 0 Å². The van der Waals surface area contributed by atoms with E-state index in [0.717, 1.165) is 29.9 Å². The number of hydrogen-bond acceptors (Lipinski definition) is 2. The van der Waals surface area contributed by atoms with Gasteiger partial charge in [-0.2, -0.15) is 0 Å². The molecule has 0 aliphatic rings. The lowest BCUT2D eigenvalue weighted by Crippen LogP contribution is -2.01. The zero-order chi connectivity index (χ0) is 14.2. The molecule has 0 atom stereocenters. The highest BCUT2D eigenvalue weighted by molar-refractivity contribution is 6.17. The molecular weight excluding hydrogens is 272 g/mol. The maximum Gasteiger partial charge on any atom is 0.161 e. The third kappa shape index (κ3) is 4.17. The van der Waals surface area contributed by atoms with E-state index in [2.05, 4.69) is 24.3 Å². The fraction of sp³-hybridized carbons (Fsp3) is 0.294. The van der Waals surface area contributed by atoms with Gasteiger partial charge in [0.25, 0.3) is 0 Å². The second-order valence-electron chi connectivity index (χ2n) is 4.56. The van der Waals surface area contributed by atoms with Crippen molar-refractivity contribution in [1.29, 1.82) is 0 Å². The molecule has 2 aromatic carbocycles. The van der Waals surface area contributed by atoms with Crippen molar-refractivity contribution in [2.75, 3.05) is 13.7 Å². The number of aryl methyl sites for hydroxylation is 1. The van der Waals surface area contributed by atoms with Gasteiger partial charge < -0.3 is 9.47 Å². The van der Waals surface area contributed by atoms with Gasteiger partial charge in [0.05, 0.1) is 13.7 Å². The summed E-state index contributed by atoms with van der Waals surface area (Å²) in [7, 11) is 1.64. The van der Waals surface area contributed by atoms with Crippen LogP contribution in [0.15, 0.2) is 48.5 Å². The first-order chi connectivity index (χ1) is 9.83. The average Bonchev–Trinajstić information content (AvgIpc) is 2.52. The third-order valence-corrected chi connectivity index (χ3v) is 3.40. The van der Waals surface area contributed by atoms with Gasteiger partial charge >= 0.3 is 0 Å². The molecule has 2 aromatic rings. The molecular formula is C17H19ClO2. The molecule has 0 radical (unpaired) electrons. The molecule has 0 aliphatic heterocycles. The standard InChI is InChI=1S/C17H19ClO2/c1-19-17-12-15(13-18)9-10-16(17)20-11-5-8-14-6-3-2-4-7-14/h2-4,6-7,9-10,12H,5,8,11,13H2,1H3. The fourth-order valence-corrected chi connectivity index (χ4v) is 2.18. The molecule has 2 nitrogen and oxygen atoms in total. The molecule has 0 aromatic heterocycles. The monoisotopic (exact) mass is 290 g/mol. The predicted octanol–water partition coefficient (Wildman–Crippen LogP) is 4.45. The number of halogens is 1. The summed E-state index contributed by atoms with van der Waals surface area (Å²) in [5.41, 5.74) is 2.36. The number of benzene rings is 2. The quantitative estimate of drug-likeness (QED) is 0.554. The van der Waals surface area contributed by atoms with Gasteiger partial charge in [0, 0.05) is 5.88 Å². The van der Waals surface area contributed by atoms with Crippen molar-refractivity contribution in [3.05, 3.63) is 59.7 Å². The maximum absolute atomic E-state index is 5.81. The lowest BCUT2D eigenvalue weighted by Gasteiger charge is -2.11. The fourth-order valence-electron chi connectivity index (χ4n) is 2.02. The van der Waals surface area contributed by atoms with Crippen molar-refractivity contribution in [2.45, 2.75) is 18.7 Å². The van der Waals surface area contributed by atoms with E-state index in [0.29, 0.717) is 12.5 Å². The van der Waals surface area contributed by atoms with Gasteiger partial charge in [-0.25, -0.2) is 0 Å². The second-order valence-corrected chi connectivity index (χ2v) is 4.82. The van der Waals surface area contributed by atoms with Crippen LogP contribution in [-0.2, 0) is 12.3 Å². The number of hydrogen-bond donors (Lipinski definition) is 0. The Morgan fingerprint density at radius 2 is 1.75 bits per heavy atom. The number of ether oxygens (including phenoxy) is 2. The van der Waals surface area contributed by atoms with E-state index in [-0.39, 0.29) is 0 Å². The van der Waals surface area contributed by atoms with Crippen LogP contribution >= 0.6 is 11.6 Å². The van der Waals surface area contributed by atoms with Crippen LogP contribution in [0.1, 0.15) is 17.5 Å². The second kappa shape index (κ2) is 7.81. The van der Waals surface area contributed by atoms with Crippen molar-refractivity contribution in [2.24, 2.45) is 0 Å². The van der Waals surface area contributed by atoms with Gasteiger partial charge in [-0.05, 0) is 36.1 Å². The predicted molar refractivity (Wildman–Crippen MR) is 82.8 cm³/mol. The first-order valence-electron chi connectivity index (χ1n) is 6.73. The van der Waals surface area contributed by atoms with Gasteiger partial charge in [0.15, 0.2) is 11.5 Å². The minimum absolute atomic E-state index is 0.477. The van der Waals surface area contributed by atoms with Crippen molar-refractivity contribution < 1.29 is 9.47 Å². The summed E-state index contributed by atoms with van der Waals surface area (Å²) in [6.45, 7) is 0.672. The molecule has 0 bridgehead atoms. The number of methoxy groups -OCH3 is 1. The molecule has 0 heterocycles. The molecule has 20 heavy (non-hydrogen) atoms. The highest BCUT2D eigenvalue weighted by Gasteiger charge is 2.05. The Morgan fingerprint density at radius 1 is 0.950 bits per heavy atom. The van der Waals surface area contributed by atoms with Crippen molar-refractivity contribution in [3.63, 3.8) is 0 Å². The Labute approximate surface area is 125 Å². The van der Waals surface area contributed by atoms with E-state index in [1.807, 2.05) is 24.3 Å². The molecule has 0 spiro atoms. The largest absolute Gasteiger partial charge is 0.493 e. The third-order valence-electron chi connectivity index (χ3n) is 3.09. The Kier molecular flexibility index (Phi) is 5.75. The Hall–Kier alpha value is -1.67. The summed E-state index contributed by atoms with van der Waals surface area (Å²) in [4.78, 5) is 0. The van der Waals surface area contributed by atoms with Crippen molar-refractivity contribution >= 4 is 11.6 Å². The lowest BCUT2D eigenvalue weighted by atomic mass is 10.1. The van der Waals surface area contributed by atoms with Crippen molar-refractivity contribution in [1.82, 2.24) is 0 Å². The molecule has 0 N–H and O–H groups in total. The Balaban J connectivity index is 1.85. The summed E-state index contributed by atoms with van der Waals surface area (Å²) in [6.07, 6.45) is 1.99. The van der Waals surface area contributed by atoms with E-state index in [1.165, 1.54) is 5.56 Å². The Bertz CT molecular complexity index is 526. The molecule has 3 heteroatoms. The summed E-state index contributed by atoms with van der Waals surface area (Å²) in [6, 6.07) is 16.2. The van der Waals surface area contributed by atoms with Gasteiger partial charge in [-0.3, -0.25) is 0 Å². The molecule has 2 rings (SSSR count). The van der Waals surface area contributed by atoms with Gasteiger partial charge in [0.2, 0.25) is 0 Å². The van der Waals surface area contributed by atoms with E-state index in [4.69, 9.17) is 21.1 Å². The molecule has 0 saturated carbocycles. The molecule has 0 saturated heterocycles. The van der Waals surface area contributed by atoms with Gasteiger partial charge in [-0.15, -0.1) is 11.6 Å². The van der Waals surface area contributed by atoms with Crippen LogP contribution in [0.3, 0.4) is 0 Å². The molecule has 0 fully saturated rings. The molecule has 0 aliphatic carbocycles. The van der Waals surface area contributed by atoms with Crippen LogP contribution < -0.4 is 9.47 Å². The zero-order valence-electron chi connectivity index (χ0n) is 11.6.